The molecule has 0 atom stereocenters. The number of carbonyl (C=O) groups is 1. The van der Waals surface area contributed by atoms with Gasteiger partial charge in [-0.25, -0.2) is 0 Å². The van der Waals surface area contributed by atoms with E-state index in [0.29, 0.717) is 12.8 Å². The summed E-state index contributed by atoms with van der Waals surface area (Å²) < 4.78 is 0. The van der Waals surface area contributed by atoms with Crippen molar-refractivity contribution in [1.29, 1.82) is 0 Å². The molecule has 18 heavy (non-hydrogen) atoms. The van der Waals surface area contributed by atoms with Crippen molar-refractivity contribution in [3.8, 4) is 11.8 Å². The minimum atomic E-state index is 0.0906. The number of aliphatic hydroxyl groups excluding tert-OH is 1. The van der Waals surface area contributed by atoms with Gasteiger partial charge in [0.25, 0.3) is 0 Å². The second-order valence-electron chi connectivity index (χ2n) is 4.32. The molecule has 1 aliphatic rings. The molecule has 0 radical (unpaired) electrons. The molecule has 0 unspecified atom stereocenters. The van der Waals surface area contributed by atoms with E-state index in [1.165, 1.54) is 0 Å². The van der Waals surface area contributed by atoms with Gasteiger partial charge < -0.3 is 10.0 Å². The molecule has 0 saturated carbocycles. The summed E-state index contributed by atoms with van der Waals surface area (Å²) in [5.41, 5.74) is 1.86. The van der Waals surface area contributed by atoms with Gasteiger partial charge in [-0.3, -0.25) is 4.79 Å². The minimum Gasteiger partial charge on any atom is -0.395 e. The largest absolute Gasteiger partial charge is 0.395 e. The van der Waals surface area contributed by atoms with Crippen molar-refractivity contribution < 1.29 is 9.90 Å². The number of anilines is 1. The van der Waals surface area contributed by atoms with Crippen LogP contribution in [0.4, 0.5) is 5.69 Å². The molecular formula is C15H17NO2. The SMILES string of the molecule is O=C1CCCCN1c1ccc(C#CCCO)cc1. The lowest BCUT2D eigenvalue weighted by Crippen LogP contribution is -2.35. The van der Waals surface area contributed by atoms with Gasteiger partial charge in [0.15, 0.2) is 0 Å². The highest BCUT2D eigenvalue weighted by Crippen LogP contribution is 2.20. The molecule has 1 fully saturated rings. The Kier molecular flexibility index (Phi) is 4.38. The van der Waals surface area contributed by atoms with Crippen molar-refractivity contribution in [2.45, 2.75) is 25.7 Å². The third-order valence-electron chi connectivity index (χ3n) is 2.97. The van der Waals surface area contributed by atoms with Gasteiger partial charge in [-0.1, -0.05) is 11.8 Å². The monoisotopic (exact) mass is 243 g/mol. The van der Waals surface area contributed by atoms with Crippen LogP contribution in [0.5, 0.6) is 0 Å². The van der Waals surface area contributed by atoms with Crippen LogP contribution in [0.1, 0.15) is 31.2 Å². The highest BCUT2D eigenvalue weighted by Gasteiger charge is 2.18. The number of piperidine rings is 1. The maximum absolute atomic E-state index is 11.8. The Morgan fingerprint density at radius 1 is 1.22 bits per heavy atom. The number of hydrogen-bond acceptors (Lipinski definition) is 2. The van der Waals surface area contributed by atoms with Crippen LogP contribution >= 0.6 is 0 Å². The molecule has 3 heteroatoms. The normalized spacial score (nSPS) is 15.2. The molecule has 0 aromatic heterocycles. The van der Waals surface area contributed by atoms with Gasteiger partial charge in [0, 0.05) is 30.6 Å². The van der Waals surface area contributed by atoms with Gasteiger partial charge >= 0.3 is 0 Å². The zero-order valence-electron chi connectivity index (χ0n) is 10.4. The number of benzene rings is 1. The van der Waals surface area contributed by atoms with Gasteiger partial charge in [0.1, 0.15) is 0 Å². The fraction of sp³-hybridized carbons (Fsp3) is 0.400. The zero-order valence-corrected chi connectivity index (χ0v) is 10.4. The lowest BCUT2D eigenvalue weighted by molar-refractivity contribution is -0.119. The van der Waals surface area contributed by atoms with E-state index >= 15 is 0 Å². The lowest BCUT2D eigenvalue weighted by Gasteiger charge is -2.26. The molecule has 3 nitrogen and oxygen atoms in total. The Bertz CT molecular complexity index is 468. The molecule has 1 aromatic rings. The van der Waals surface area contributed by atoms with Gasteiger partial charge in [0.05, 0.1) is 6.61 Å². The topological polar surface area (TPSA) is 40.5 Å². The quantitative estimate of drug-likeness (QED) is 0.806. The summed E-state index contributed by atoms with van der Waals surface area (Å²) >= 11 is 0. The van der Waals surface area contributed by atoms with Gasteiger partial charge in [-0.05, 0) is 37.1 Å². The molecule has 1 heterocycles. The van der Waals surface area contributed by atoms with Crippen LogP contribution in [0.15, 0.2) is 24.3 Å². The molecule has 1 aliphatic heterocycles. The fourth-order valence-corrected chi connectivity index (χ4v) is 2.02. The average Bonchev–Trinajstić information content (AvgIpc) is 2.41. The van der Waals surface area contributed by atoms with Crippen molar-refractivity contribution in [2.24, 2.45) is 0 Å². The van der Waals surface area contributed by atoms with E-state index in [1.54, 1.807) is 0 Å². The first-order valence-electron chi connectivity index (χ1n) is 6.31. The molecule has 1 N–H and O–H groups in total. The summed E-state index contributed by atoms with van der Waals surface area (Å²) in [6.45, 7) is 0.904. The van der Waals surface area contributed by atoms with Crippen LogP contribution in [-0.2, 0) is 4.79 Å². The van der Waals surface area contributed by atoms with E-state index in [4.69, 9.17) is 5.11 Å². The number of amides is 1. The number of aliphatic hydroxyl groups is 1. The van der Waals surface area contributed by atoms with Crippen molar-refractivity contribution in [3.63, 3.8) is 0 Å². The lowest BCUT2D eigenvalue weighted by atomic mass is 10.1. The van der Waals surface area contributed by atoms with E-state index in [1.807, 2.05) is 29.2 Å². The molecule has 1 amide bonds. The number of rotatable bonds is 2. The summed E-state index contributed by atoms with van der Waals surface area (Å²) in [5, 5.41) is 8.64. The highest BCUT2D eigenvalue weighted by molar-refractivity contribution is 5.93. The van der Waals surface area contributed by atoms with E-state index in [-0.39, 0.29) is 12.5 Å². The Balaban J connectivity index is 2.07. The van der Waals surface area contributed by atoms with Crippen LogP contribution in [0.25, 0.3) is 0 Å². The maximum atomic E-state index is 11.8. The van der Waals surface area contributed by atoms with E-state index in [9.17, 15) is 4.79 Å². The zero-order chi connectivity index (χ0) is 12.8. The molecule has 1 aromatic carbocycles. The Morgan fingerprint density at radius 3 is 2.67 bits per heavy atom. The van der Waals surface area contributed by atoms with Crippen LogP contribution in [0, 0.1) is 11.8 Å². The third-order valence-corrected chi connectivity index (χ3v) is 2.97. The van der Waals surface area contributed by atoms with Crippen molar-refractivity contribution >= 4 is 11.6 Å². The summed E-state index contributed by atoms with van der Waals surface area (Å²) in [4.78, 5) is 13.6. The summed E-state index contributed by atoms with van der Waals surface area (Å²) in [5.74, 6) is 6.06. The molecule has 94 valence electrons. The first-order chi connectivity index (χ1) is 8.81. The summed E-state index contributed by atoms with van der Waals surface area (Å²) in [6, 6.07) is 7.71. The third kappa shape index (κ3) is 3.12. The summed E-state index contributed by atoms with van der Waals surface area (Å²) in [7, 11) is 0. The first kappa shape index (κ1) is 12.7. The van der Waals surface area contributed by atoms with Crippen molar-refractivity contribution in [1.82, 2.24) is 0 Å². The van der Waals surface area contributed by atoms with Crippen LogP contribution in [-0.4, -0.2) is 24.2 Å². The molecule has 1 saturated heterocycles. The fourth-order valence-electron chi connectivity index (χ4n) is 2.02. The molecular weight excluding hydrogens is 226 g/mol. The summed E-state index contributed by atoms with van der Waals surface area (Å²) in [6.07, 6.45) is 3.22. The van der Waals surface area contributed by atoms with Gasteiger partial charge in [-0.2, -0.15) is 0 Å². The predicted octanol–water partition coefficient (Wildman–Crippen LogP) is 1.94. The second kappa shape index (κ2) is 6.23. The smallest absolute Gasteiger partial charge is 0.226 e. The highest BCUT2D eigenvalue weighted by atomic mass is 16.2. The van der Waals surface area contributed by atoms with Gasteiger partial charge in [0.2, 0.25) is 5.91 Å². The predicted molar refractivity (Wildman–Crippen MR) is 71.2 cm³/mol. The minimum absolute atomic E-state index is 0.0906. The average molecular weight is 243 g/mol. The number of hydrogen-bond donors (Lipinski definition) is 1. The molecule has 0 bridgehead atoms. The molecule has 2 rings (SSSR count). The van der Waals surface area contributed by atoms with Crippen LogP contribution < -0.4 is 4.90 Å². The Morgan fingerprint density at radius 2 is 2.00 bits per heavy atom. The second-order valence-corrected chi connectivity index (χ2v) is 4.32. The van der Waals surface area contributed by atoms with Crippen molar-refractivity contribution in [3.05, 3.63) is 29.8 Å². The van der Waals surface area contributed by atoms with E-state index in [0.717, 1.165) is 30.6 Å². The van der Waals surface area contributed by atoms with Crippen molar-refractivity contribution in [2.75, 3.05) is 18.1 Å². The Labute approximate surface area is 107 Å². The standard InChI is InChI=1S/C15H17NO2/c17-12-4-2-5-13-7-9-14(10-8-13)16-11-3-1-6-15(16)18/h7-10,17H,1,3-4,6,11-12H2. The van der Waals surface area contributed by atoms with Crippen LogP contribution in [0.2, 0.25) is 0 Å². The first-order valence-corrected chi connectivity index (χ1v) is 6.31. The van der Waals surface area contributed by atoms with E-state index < -0.39 is 0 Å². The van der Waals surface area contributed by atoms with E-state index in [2.05, 4.69) is 11.8 Å². The van der Waals surface area contributed by atoms with Crippen LogP contribution in [0.3, 0.4) is 0 Å². The number of carbonyl (C=O) groups excluding carboxylic acids is 1. The molecule has 0 spiro atoms. The maximum Gasteiger partial charge on any atom is 0.226 e. The number of nitrogens with zero attached hydrogens (tertiary/aromatic N) is 1. The Hall–Kier alpha value is -1.79. The molecule has 0 aliphatic carbocycles. The van der Waals surface area contributed by atoms with Gasteiger partial charge in [-0.15, -0.1) is 0 Å².